The number of hydrogen-bond acceptors (Lipinski definition) is 4. The maximum absolute atomic E-state index is 12.7. The van der Waals surface area contributed by atoms with E-state index in [-0.39, 0.29) is 23.0 Å². The molecule has 3 rings (SSSR count). The number of carbonyl (C=O) groups excluding carboxylic acids is 1. The summed E-state index contributed by atoms with van der Waals surface area (Å²) in [6.45, 7) is 2.83. The average Bonchev–Trinajstić information content (AvgIpc) is 3.01. The molecule has 1 aliphatic rings. The summed E-state index contributed by atoms with van der Waals surface area (Å²) in [5.74, 6) is -0.263. The van der Waals surface area contributed by atoms with Gasteiger partial charge in [0.25, 0.3) is 5.91 Å². The Balaban J connectivity index is 1.90. The normalized spacial score (nSPS) is 15.8. The van der Waals surface area contributed by atoms with E-state index >= 15 is 0 Å². The van der Waals surface area contributed by atoms with E-state index in [1.807, 2.05) is 0 Å². The average molecular weight is 376 g/mol. The number of nitrogens with zero attached hydrogens (tertiary/aromatic N) is 3. The van der Waals surface area contributed by atoms with Crippen LogP contribution in [0, 0.1) is 0 Å². The number of benzene rings is 1. The highest BCUT2D eigenvalue weighted by atomic mass is 32.2. The monoisotopic (exact) mass is 376 g/mol. The zero-order valence-electron chi connectivity index (χ0n) is 15.1. The van der Waals surface area contributed by atoms with Crippen molar-refractivity contribution in [2.24, 2.45) is 0 Å². The molecule has 7 nitrogen and oxygen atoms in total. The number of hydrogen-bond donors (Lipinski definition) is 1. The molecule has 1 aliphatic heterocycles. The third kappa shape index (κ3) is 3.39. The quantitative estimate of drug-likeness (QED) is 0.784. The second-order valence-corrected chi connectivity index (χ2v) is 8.47. The minimum atomic E-state index is -3.61. The molecule has 26 heavy (non-hydrogen) atoms. The van der Waals surface area contributed by atoms with E-state index in [2.05, 4.69) is 17.2 Å². The van der Waals surface area contributed by atoms with Crippen LogP contribution in [0.4, 0.5) is 0 Å². The van der Waals surface area contributed by atoms with E-state index in [1.54, 1.807) is 28.8 Å². The van der Waals surface area contributed by atoms with E-state index in [9.17, 15) is 13.2 Å². The molecule has 8 heteroatoms. The largest absolute Gasteiger partial charge is 0.351 e. The lowest BCUT2D eigenvalue weighted by Crippen LogP contribution is -2.29. The molecule has 0 atom stereocenters. The molecule has 1 aromatic carbocycles. The van der Waals surface area contributed by atoms with Gasteiger partial charge in [-0.25, -0.2) is 13.4 Å². The van der Waals surface area contributed by atoms with Crippen LogP contribution in [0.15, 0.2) is 35.5 Å². The standard InChI is InChI=1S/C18H24N4O3S/c1-3-4-5-8-11-19-18(23)17-15-12-21(2)26(24,25)16-10-7-6-9-14(16)22(15)13-20-17/h6-7,9-10,13H,3-5,8,11-12H2,1-2H3,(H,19,23). The molecule has 0 fully saturated rings. The lowest BCUT2D eigenvalue weighted by atomic mass is 10.2. The first-order valence-electron chi connectivity index (χ1n) is 8.87. The minimum absolute atomic E-state index is 0.0929. The maximum atomic E-state index is 12.7. The Kier molecular flexibility index (Phi) is 5.43. The zero-order chi connectivity index (χ0) is 18.7. The highest BCUT2D eigenvalue weighted by Gasteiger charge is 2.32. The summed E-state index contributed by atoms with van der Waals surface area (Å²) in [5, 5.41) is 2.89. The summed E-state index contributed by atoms with van der Waals surface area (Å²) < 4.78 is 28.4. The van der Waals surface area contributed by atoms with E-state index in [0.717, 1.165) is 25.7 Å². The Morgan fingerprint density at radius 3 is 2.77 bits per heavy atom. The molecule has 0 aliphatic carbocycles. The Hall–Kier alpha value is -2.19. The number of fused-ring (bicyclic) bond motifs is 3. The lowest BCUT2D eigenvalue weighted by Gasteiger charge is -2.14. The Labute approximate surface area is 154 Å². The molecule has 1 amide bonds. The number of rotatable bonds is 6. The lowest BCUT2D eigenvalue weighted by molar-refractivity contribution is 0.0947. The van der Waals surface area contributed by atoms with Gasteiger partial charge >= 0.3 is 0 Å². The van der Waals surface area contributed by atoms with Crippen LogP contribution in [0.1, 0.15) is 48.8 Å². The second-order valence-electron chi connectivity index (χ2n) is 6.46. The topological polar surface area (TPSA) is 84.3 Å². The number of amides is 1. The smallest absolute Gasteiger partial charge is 0.271 e. The van der Waals surface area contributed by atoms with Crippen LogP contribution in [0.5, 0.6) is 0 Å². The van der Waals surface area contributed by atoms with Crippen LogP contribution in [0.25, 0.3) is 5.69 Å². The van der Waals surface area contributed by atoms with Crippen molar-refractivity contribution < 1.29 is 13.2 Å². The summed E-state index contributed by atoms with van der Waals surface area (Å²) >= 11 is 0. The highest BCUT2D eigenvalue weighted by Crippen LogP contribution is 2.30. The van der Waals surface area contributed by atoms with Crippen LogP contribution in [-0.4, -0.2) is 41.8 Å². The van der Waals surface area contributed by atoms with Crippen LogP contribution < -0.4 is 5.32 Å². The van der Waals surface area contributed by atoms with Crippen molar-refractivity contribution in [3.63, 3.8) is 0 Å². The van der Waals surface area contributed by atoms with Gasteiger partial charge in [-0.3, -0.25) is 9.36 Å². The van der Waals surface area contributed by atoms with E-state index in [4.69, 9.17) is 0 Å². The van der Waals surface area contributed by atoms with Crippen molar-refractivity contribution in [1.82, 2.24) is 19.2 Å². The number of nitrogens with one attached hydrogen (secondary N) is 1. The van der Waals surface area contributed by atoms with Crippen molar-refractivity contribution in [3.05, 3.63) is 42.0 Å². The van der Waals surface area contributed by atoms with Gasteiger partial charge in [0.15, 0.2) is 5.69 Å². The highest BCUT2D eigenvalue weighted by molar-refractivity contribution is 7.89. The Bertz CT molecular complexity index is 905. The van der Waals surface area contributed by atoms with Crippen LogP contribution >= 0.6 is 0 Å². The summed E-state index contributed by atoms with van der Waals surface area (Å²) in [4.78, 5) is 17.0. The first-order chi connectivity index (χ1) is 12.5. The molecule has 2 heterocycles. The molecular weight excluding hydrogens is 352 g/mol. The van der Waals surface area contributed by atoms with E-state index in [0.29, 0.717) is 17.9 Å². The van der Waals surface area contributed by atoms with Crippen molar-refractivity contribution in [3.8, 4) is 5.69 Å². The van der Waals surface area contributed by atoms with Crippen molar-refractivity contribution in [2.75, 3.05) is 13.6 Å². The zero-order valence-corrected chi connectivity index (χ0v) is 15.9. The molecule has 0 unspecified atom stereocenters. The molecule has 2 aromatic rings. The first kappa shape index (κ1) is 18.6. The van der Waals surface area contributed by atoms with E-state index < -0.39 is 10.0 Å². The maximum Gasteiger partial charge on any atom is 0.271 e. The van der Waals surface area contributed by atoms with Gasteiger partial charge in [-0.2, -0.15) is 4.31 Å². The first-order valence-corrected chi connectivity index (χ1v) is 10.3. The fourth-order valence-corrected chi connectivity index (χ4v) is 4.41. The fraction of sp³-hybridized carbons (Fsp3) is 0.444. The molecule has 0 spiro atoms. The SMILES string of the molecule is CCCCCCNC(=O)c1ncn2c1CN(C)S(=O)(=O)c1ccccc1-2. The van der Waals surface area contributed by atoms with Gasteiger partial charge < -0.3 is 5.32 Å². The van der Waals surface area contributed by atoms with Crippen LogP contribution in [-0.2, 0) is 16.6 Å². The molecule has 0 saturated carbocycles. The molecule has 0 radical (unpaired) electrons. The number of para-hydroxylation sites is 1. The molecule has 0 saturated heterocycles. The molecule has 140 valence electrons. The third-order valence-electron chi connectivity index (χ3n) is 4.58. The van der Waals surface area contributed by atoms with Crippen molar-refractivity contribution in [1.29, 1.82) is 0 Å². The molecule has 1 aromatic heterocycles. The van der Waals surface area contributed by atoms with Crippen LogP contribution in [0.2, 0.25) is 0 Å². The van der Waals surface area contributed by atoms with Gasteiger partial charge in [0.1, 0.15) is 11.2 Å². The summed E-state index contributed by atoms with van der Waals surface area (Å²) in [6.07, 6.45) is 5.81. The van der Waals surface area contributed by atoms with Crippen molar-refractivity contribution in [2.45, 2.75) is 44.0 Å². The minimum Gasteiger partial charge on any atom is -0.351 e. The molecule has 0 bridgehead atoms. The van der Waals surface area contributed by atoms with Gasteiger partial charge in [-0.15, -0.1) is 0 Å². The molecule has 1 N–H and O–H groups in total. The second kappa shape index (κ2) is 7.59. The van der Waals surface area contributed by atoms with Gasteiger partial charge in [0.05, 0.1) is 17.9 Å². The number of sulfonamides is 1. The summed E-state index contributed by atoms with van der Waals surface area (Å²) in [6, 6.07) is 6.76. The van der Waals surface area contributed by atoms with Crippen molar-refractivity contribution >= 4 is 15.9 Å². The predicted octanol–water partition coefficient (Wildman–Crippen LogP) is 2.32. The number of unbranched alkanes of at least 4 members (excludes halogenated alkanes) is 3. The van der Waals surface area contributed by atoms with Gasteiger partial charge in [-0.05, 0) is 18.6 Å². The van der Waals surface area contributed by atoms with Gasteiger partial charge in [-0.1, -0.05) is 38.3 Å². The number of aromatic nitrogens is 2. The summed E-state index contributed by atoms with van der Waals surface area (Å²) in [7, 11) is -2.10. The fourth-order valence-electron chi connectivity index (χ4n) is 3.10. The van der Waals surface area contributed by atoms with E-state index in [1.165, 1.54) is 17.7 Å². The summed E-state index contributed by atoms with van der Waals surface area (Å²) in [5.41, 5.74) is 1.37. The Morgan fingerprint density at radius 1 is 1.23 bits per heavy atom. The van der Waals surface area contributed by atoms with Gasteiger partial charge in [0, 0.05) is 13.6 Å². The molecular formula is C18H24N4O3S. The number of imidazole rings is 1. The Morgan fingerprint density at radius 2 is 2.00 bits per heavy atom. The number of carbonyl (C=O) groups is 1. The predicted molar refractivity (Wildman–Crippen MR) is 98.7 cm³/mol. The third-order valence-corrected chi connectivity index (χ3v) is 6.43. The van der Waals surface area contributed by atoms with Gasteiger partial charge in [0.2, 0.25) is 10.0 Å². The van der Waals surface area contributed by atoms with Crippen LogP contribution in [0.3, 0.4) is 0 Å².